The molecule has 19 heavy (non-hydrogen) atoms. The van der Waals surface area contributed by atoms with Crippen molar-refractivity contribution in [3.63, 3.8) is 0 Å². The van der Waals surface area contributed by atoms with E-state index in [9.17, 15) is 14.4 Å². The molecule has 0 aromatic carbocycles. The second kappa shape index (κ2) is 6.54. The number of amides is 2. The van der Waals surface area contributed by atoms with Crippen LogP contribution in [-0.4, -0.2) is 42.4 Å². The van der Waals surface area contributed by atoms with Crippen LogP contribution < -0.4 is 5.73 Å². The predicted molar refractivity (Wildman–Crippen MR) is 68.9 cm³/mol. The summed E-state index contributed by atoms with van der Waals surface area (Å²) >= 11 is 0. The van der Waals surface area contributed by atoms with Gasteiger partial charge in [-0.25, -0.2) is 0 Å². The van der Waals surface area contributed by atoms with Crippen molar-refractivity contribution in [2.45, 2.75) is 39.2 Å². The molecule has 1 rings (SSSR count). The summed E-state index contributed by atoms with van der Waals surface area (Å²) in [6.45, 7) is 4.28. The summed E-state index contributed by atoms with van der Waals surface area (Å²) in [7, 11) is 1.30. The molecule has 0 radical (unpaired) electrons. The predicted octanol–water partition coefficient (Wildman–Crippen LogP) is 0.298. The zero-order chi connectivity index (χ0) is 14.6. The summed E-state index contributed by atoms with van der Waals surface area (Å²) in [5.74, 6) is -1.54. The Kier molecular flexibility index (Phi) is 5.32. The molecular weight excluding hydrogens is 248 g/mol. The van der Waals surface area contributed by atoms with Crippen molar-refractivity contribution in [2.24, 2.45) is 17.6 Å². The highest BCUT2D eigenvalue weighted by molar-refractivity contribution is 5.90. The molecule has 0 spiro atoms. The first-order valence-electron chi connectivity index (χ1n) is 6.55. The number of carbonyl (C=O) groups excluding carboxylic acids is 3. The summed E-state index contributed by atoms with van der Waals surface area (Å²) in [5, 5.41) is 0. The molecule has 108 valence electrons. The first-order chi connectivity index (χ1) is 8.88. The minimum Gasteiger partial charge on any atom is -0.469 e. The third kappa shape index (κ3) is 3.68. The van der Waals surface area contributed by atoms with Crippen LogP contribution in [0.1, 0.15) is 33.1 Å². The van der Waals surface area contributed by atoms with E-state index in [2.05, 4.69) is 4.74 Å². The molecule has 1 aliphatic rings. The fraction of sp³-hybridized carbons (Fsp3) is 0.769. The normalized spacial score (nSPS) is 20.4. The number of primary amides is 1. The molecule has 0 saturated carbocycles. The lowest BCUT2D eigenvalue weighted by Gasteiger charge is -2.28. The number of rotatable bonds is 5. The van der Waals surface area contributed by atoms with E-state index < -0.39 is 23.8 Å². The highest BCUT2D eigenvalue weighted by atomic mass is 16.5. The highest BCUT2D eigenvalue weighted by Gasteiger charge is 2.37. The summed E-state index contributed by atoms with van der Waals surface area (Å²) < 4.78 is 4.62. The van der Waals surface area contributed by atoms with E-state index in [1.807, 2.05) is 13.8 Å². The fourth-order valence-electron chi connectivity index (χ4n) is 2.41. The van der Waals surface area contributed by atoms with E-state index in [0.29, 0.717) is 13.0 Å². The van der Waals surface area contributed by atoms with Gasteiger partial charge in [0, 0.05) is 6.54 Å². The highest BCUT2D eigenvalue weighted by Crippen LogP contribution is 2.25. The van der Waals surface area contributed by atoms with Gasteiger partial charge < -0.3 is 15.4 Å². The van der Waals surface area contributed by atoms with Crippen LogP contribution in [0.2, 0.25) is 0 Å². The number of hydrogen-bond donors (Lipinski definition) is 1. The van der Waals surface area contributed by atoms with Gasteiger partial charge in [0.2, 0.25) is 11.8 Å². The molecular formula is C13H22N2O4. The first-order valence-corrected chi connectivity index (χ1v) is 6.55. The molecule has 2 atom stereocenters. The average molecular weight is 270 g/mol. The monoisotopic (exact) mass is 270 g/mol. The van der Waals surface area contributed by atoms with E-state index in [-0.39, 0.29) is 18.2 Å². The number of carbonyl (C=O) groups is 3. The largest absolute Gasteiger partial charge is 0.469 e. The summed E-state index contributed by atoms with van der Waals surface area (Å²) in [5.41, 5.74) is 5.31. The van der Waals surface area contributed by atoms with Crippen molar-refractivity contribution in [2.75, 3.05) is 13.7 Å². The summed E-state index contributed by atoms with van der Waals surface area (Å²) in [6.07, 6.45) is 1.40. The van der Waals surface area contributed by atoms with Gasteiger partial charge in [-0.3, -0.25) is 14.4 Å². The Morgan fingerprint density at radius 1 is 1.37 bits per heavy atom. The maximum Gasteiger partial charge on any atom is 0.306 e. The third-order valence-corrected chi connectivity index (χ3v) is 3.60. The van der Waals surface area contributed by atoms with Crippen LogP contribution in [0.25, 0.3) is 0 Å². The fourth-order valence-corrected chi connectivity index (χ4v) is 2.41. The van der Waals surface area contributed by atoms with Gasteiger partial charge in [0.15, 0.2) is 0 Å². The van der Waals surface area contributed by atoms with Gasteiger partial charge in [0.1, 0.15) is 6.04 Å². The number of methoxy groups -OCH3 is 1. The number of nitrogens with zero attached hydrogens (tertiary/aromatic N) is 1. The number of hydrogen-bond acceptors (Lipinski definition) is 4. The van der Waals surface area contributed by atoms with Crippen LogP contribution in [0.15, 0.2) is 0 Å². The van der Waals surface area contributed by atoms with Crippen molar-refractivity contribution in [3.8, 4) is 0 Å². The second-order valence-electron chi connectivity index (χ2n) is 5.22. The molecule has 0 aliphatic carbocycles. The van der Waals surface area contributed by atoms with Gasteiger partial charge in [-0.1, -0.05) is 13.8 Å². The van der Waals surface area contributed by atoms with Crippen LogP contribution >= 0.6 is 0 Å². The van der Waals surface area contributed by atoms with Crippen molar-refractivity contribution in [1.29, 1.82) is 0 Å². The standard InChI is InChI=1S/C13H22N2O4/c1-8(2)9(7-11(16)19-3)13(18)15-6-4-5-10(15)12(14)17/h8-10H,4-7H2,1-3H3,(H2,14,17)/t9-,10-/m0/s1. The molecule has 1 heterocycles. The van der Waals surface area contributed by atoms with Gasteiger partial charge >= 0.3 is 5.97 Å². The quantitative estimate of drug-likeness (QED) is 0.727. The Morgan fingerprint density at radius 2 is 2.00 bits per heavy atom. The van der Waals surface area contributed by atoms with Gasteiger partial charge in [-0.2, -0.15) is 0 Å². The smallest absolute Gasteiger partial charge is 0.306 e. The Hall–Kier alpha value is -1.59. The molecule has 6 heteroatoms. The zero-order valence-electron chi connectivity index (χ0n) is 11.7. The molecule has 1 saturated heterocycles. The molecule has 2 amide bonds. The van der Waals surface area contributed by atoms with Crippen molar-refractivity contribution in [3.05, 3.63) is 0 Å². The van der Waals surface area contributed by atoms with Crippen molar-refractivity contribution in [1.82, 2.24) is 4.90 Å². The lowest BCUT2D eigenvalue weighted by Crippen LogP contribution is -2.47. The molecule has 6 nitrogen and oxygen atoms in total. The molecule has 2 N–H and O–H groups in total. The number of esters is 1. The van der Waals surface area contributed by atoms with Crippen LogP contribution in [0.5, 0.6) is 0 Å². The van der Waals surface area contributed by atoms with Gasteiger partial charge in [0.25, 0.3) is 0 Å². The Morgan fingerprint density at radius 3 is 2.47 bits per heavy atom. The molecule has 0 unspecified atom stereocenters. The van der Waals surface area contributed by atoms with Gasteiger partial charge in [-0.15, -0.1) is 0 Å². The minimum absolute atomic E-state index is 0.000673. The lowest BCUT2D eigenvalue weighted by molar-refractivity contribution is -0.149. The SMILES string of the molecule is COC(=O)C[C@H](C(=O)N1CCC[C@H]1C(N)=O)C(C)C. The second-order valence-corrected chi connectivity index (χ2v) is 5.22. The number of nitrogens with two attached hydrogens (primary N) is 1. The van der Waals surface area contributed by atoms with Crippen LogP contribution in [0.3, 0.4) is 0 Å². The summed E-state index contributed by atoms with van der Waals surface area (Å²) in [4.78, 5) is 36.7. The van der Waals surface area contributed by atoms with Crippen LogP contribution in [0.4, 0.5) is 0 Å². The molecule has 1 fully saturated rings. The molecule has 1 aliphatic heterocycles. The molecule has 0 aromatic heterocycles. The minimum atomic E-state index is -0.536. The Labute approximate surface area is 113 Å². The Balaban J connectivity index is 2.81. The van der Waals surface area contributed by atoms with Gasteiger partial charge in [-0.05, 0) is 18.8 Å². The van der Waals surface area contributed by atoms with Crippen molar-refractivity contribution >= 4 is 17.8 Å². The average Bonchev–Trinajstić information content (AvgIpc) is 2.83. The number of ether oxygens (including phenoxy) is 1. The van der Waals surface area contributed by atoms with Crippen molar-refractivity contribution < 1.29 is 19.1 Å². The molecule has 0 aromatic rings. The third-order valence-electron chi connectivity index (χ3n) is 3.60. The van der Waals surface area contributed by atoms with E-state index >= 15 is 0 Å². The topological polar surface area (TPSA) is 89.7 Å². The van der Waals surface area contributed by atoms with E-state index in [0.717, 1.165) is 6.42 Å². The first kappa shape index (κ1) is 15.5. The number of likely N-dealkylation sites (tertiary alicyclic amines) is 1. The maximum atomic E-state index is 12.5. The summed E-state index contributed by atoms with van der Waals surface area (Å²) in [6, 6.07) is -0.536. The van der Waals surface area contributed by atoms with Crippen LogP contribution in [-0.2, 0) is 19.1 Å². The van der Waals surface area contributed by atoms with E-state index in [1.165, 1.54) is 12.0 Å². The lowest BCUT2D eigenvalue weighted by atomic mass is 9.91. The Bertz CT molecular complexity index is 368. The van der Waals surface area contributed by atoms with E-state index in [4.69, 9.17) is 5.73 Å². The maximum absolute atomic E-state index is 12.5. The van der Waals surface area contributed by atoms with Gasteiger partial charge in [0.05, 0.1) is 19.4 Å². The van der Waals surface area contributed by atoms with Crippen LogP contribution in [0, 0.1) is 11.8 Å². The van der Waals surface area contributed by atoms with E-state index in [1.54, 1.807) is 0 Å². The zero-order valence-corrected chi connectivity index (χ0v) is 11.7. The molecule has 0 bridgehead atoms.